The first-order chi connectivity index (χ1) is 7.84. The minimum Gasteiger partial charge on any atom is -0.391 e. The van der Waals surface area contributed by atoms with Crippen LogP contribution in [0, 0.1) is 0 Å². The number of hydrogen-bond donors (Lipinski definition) is 1. The average Bonchev–Trinajstić information content (AvgIpc) is 2.82. The number of rotatable bonds is 4. The van der Waals surface area contributed by atoms with E-state index in [1.807, 2.05) is 0 Å². The Kier molecular flexibility index (Phi) is 3.01. The summed E-state index contributed by atoms with van der Waals surface area (Å²) in [5.74, 6) is 0. The van der Waals surface area contributed by atoms with Gasteiger partial charge in [-0.25, -0.2) is 0 Å². The largest absolute Gasteiger partial charge is 0.391 e. The van der Waals surface area contributed by atoms with Crippen molar-refractivity contribution in [3.8, 4) is 0 Å². The Bertz CT molecular complexity index is 334. The highest BCUT2D eigenvalue weighted by Gasteiger charge is 2.38. The summed E-state index contributed by atoms with van der Waals surface area (Å²) >= 11 is 1.77. The SMILES string of the molecule is O[C@H]1CCC[C@@H]1N(Cc1ccsc1)C1CC1. The Labute approximate surface area is 101 Å². The van der Waals surface area contributed by atoms with Gasteiger partial charge in [0.1, 0.15) is 0 Å². The second-order valence-electron chi connectivity index (χ2n) is 5.10. The van der Waals surface area contributed by atoms with Crippen LogP contribution in [0.5, 0.6) is 0 Å². The van der Waals surface area contributed by atoms with Gasteiger partial charge >= 0.3 is 0 Å². The molecule has 0 unspecified atom stereocenters. The monoisotopic (exact) mass is 237 g/mol. The summed E-state index contributed by atoms with van der Waals surface area (Å²) in [4.78, 5) is 2.56. The van der Waals surface area contributed by atoms with Crippen LogP contribution in [0.4, 0.5) is 0 Å². The zero-order valence-corrected chi connectivity index (χ0v) is 10.3. The zero-order chi connectivity index (χ0) is 11.0. The molecule has 2 fully saturated rings. The van der Waals surface area contributed by atoms with E-state index in [1.54, 1.807) is 11.3 Å². The molecule has 16 heavy (non-hydrogen) atoms. The van der Waals surface area contributed by atoms with Gasteiger partial charge < -0.3 is 5.11 Å². The van der Waals surface area contributed by atoms with Crippen LogP contribution in [0.1, 0.15) is 37.7 Å². The van der Waals surface area contributed by atoms with E-state index in [4.69, 9.17) is 0 Å². The lowest BCUT2D eigenvalue weighted by molar-refractivity contribution is 0.0606. The average molecular weight is 237 g/mol. The Hall–Kier alpha value is -0.380. The van der Waals surface area contributed by atoms with E-state index in [0.29, 0.717) is 6.04 Å². The first-order valence-electron chi connectivity index (χ1n) is 6.29. The highest BCUT2D eigenvalue weighted by Crippen LogP contribution is 2.35. The third-order valence-corrected chi connectivity index (χ3v) is 4.56. The predicted octanol–water partition coefficient (Wildman–Crippen LogP) is 2.63. The van der Waals surface area contributed by atoms with E-state index in [2.05, 4.69) is 21.7 Å². The molecule has 1 aromatic heterocycles. The highest BCUT2D eigenvalue weighted by molar-refractivity contribution is 7.07. The maximum absolute atomic E-state index is 10.0. The van der Waals surface area contributed by atoms with Crippen molar-refractivity contribution in [2.45, 2.75) is 56.8 Å². The van der Waals surface area contributed by atoms with Crippen molar-refractivity contribution < 1.29 is 5.11 Å². The summed E-state index contributed by atoms with van der Waals surface area (Å²) in [6, 6.07) is 3.38. The zero-order valence-electron chi connectivity index (χ0n) is 9.51. The molecule has 2 atom stereocenters. The third-order valence-electron chi connectivity index (χ3n) is 3.83. The number of aliphatic hydroxyl groups is 1. The Balaban J connectivity index is 1.71. The summed E-state index contributed by atoms with van der Waals surface area (Å²) in [5.41, 5.74) is 1.41. The van der Waals surface area contributed by atoms with E-state index < -0.39 is 0 Å². The number of aliphatic hydroxyl groups excluding tert-OH is 1. The molecule has 3 rings (SSSR count). The summed E-state index contributed by atoms with van der Waals surface area (Å²) in [6.07, 6.45) is 5.94. The van der Waals surface area contributed by atoms with Crippen molar-refractivity contribution in [2.24, 2.45) is 0 Å². The second kappa shape index (κ2) is 4.47. The van der Waals surface area contributed by atoms with Gasteiger partial charge in [-0.3, -0.25) is 4.90 Å². The van der Waals surface area contributed by atoms with Gasteiger partial charge in [0.05, 0.1) is 6.10 Å². The van der Waals surface area contributed by atoms with Crippen molar-refractivity contribution in [3.63, 3.8) is 0 Å². The van der Waals surface area contributed by atoms with E-state index >= 15 is 0 Å². The van der Waals surface area contributed by atoms with Crippen molar-refractivity contribution in [1.29, 1.82) is 0 Å². The molecule has 0 aromatic carbocycles. The molecule has 0 aliphatic heterocycles. The fourth-order valence-electron chi connectivity index (χ4n) is 2.82. The van der Waals surface area contributed by atoms with Gasteiger partial charge in [0.25, 0.3) is 0 Å². The second-order valence-corrected chi connectivity index (χ2v) is 5.88. The van der Waals surface area contributed by atoms with Crippen LogP contribution in [0.15, 0.2) is 16.8 Å². The van der Waals surface area contributed by atoms with Crippen LogP contribution >= 0.6 is 11.3 Å². The lowest BCUT2D eigenvalue weighted by Crippen LogP contribution is -2.41. The maximum Gasteiger partial charge on any atom is 0.0695 e. The molecular weight excluding hydrogens is 218 g/mol. The minimum absolute atomic E-state index is 0.0840. The van der Waals surface area contributed by atoms with Crippen molar-refractivity contribution in [3.05, 3.63) is 22.4 Å². The molecule has 88 valence electrons. The molecule has 0 amide bonds. The molecule has 2 saturated carbocycles. The van der Waals surface area contributed by atoms with Crippen LogP contribution in [0.3, 0.4) is 0 Å². The van der Waals surface area contributed by atoms with Crippen LogP contribution in [-0.4, -0.2) is 28.2 Å². The van der Waals surface area contributed by atoms with Crippen molar-refractivity contribution in [1.82, 2.24) is 4.90 Å². The molecule has 3 heteroatoms. The van der Waals surface area contributed by atoms with Gasteiger partial charge in [0.2, 0.25) is 0 Å². The Morgan fingerprint density at radius 1 is 1.31 bits per heavy atom. The first kappa shape index (κ1) is 10.8. The fourth-order valence-corrected chi connectivity index (χ4v) is 3.48. The summed E-state index contributed by atoms with van der Waals surface area (Å²) in [5, 5.41) is 14.4. The molecule has 0 spiro atoms. The van der Waals surface area contributed by atoms with Gasteiger partial charge in [-0.15, -0.1) is 0 Å². The van der Waals surface area contributed by atoms with Crippen LogP contribution in [0.2, 0.25) is 0 Å². The Morgan fingerprint density at radius 3 is 2.75 bits per heavy atom. The number of thiophene rings is 1. The minimum atomic E-state index is -0.0840. The molecule has 0 radical (unpaired) electrons. The smallest absolute Gasteiger partial charge is 0.0695 e. The first-order valence-corrected chi connectivity index (χ1v) is 7.24. The molecule has 1 aromatic rings. The molecule has 1 N–H and O–H groups in total. The van der Waals surface area contributed by atoms with Crippen molar-refractivity contribution >= 4 is 11.3 Å². The van der Waals surface area contributed by atoms with E-state index in [0.717, 1.165) is 19.0 Å². The molecule has 2 aliphatic rings. The fraction of sp³-hybridized carbons (Fsp3) is 0.692. The van der Waals surface area contributed by atoms with Gasteiger partial charge in [0, 0.05) is 18.6 Å². The van der Waals surface area contributed by atoms with Gasteiger partial charge in [-0.1, -0.05) is 0 Å². The normalized spacial score (nSPS) is 30.1. The lowest BCUT2D eigenvalue weighted by Gasteiger charge is -2.30. The topological polar surface area (TPSA) is 23.5 Å². The van der Waals surface area contributed by atoms with Crippen LogP contribution in [0.25, 0.3) is 0 Å². The van der Waals surface area contributed by atoms with E-state index in [-0.39, 0.29) is 6.10 Å². The molecule has 0 saturated heterocycles. The predicted molar refractivity (Wildman–Crippen MR) is 66.5 cm³/mol. The van der Waals surface area contributed by atoms with Crippen molar-refractivity contribution in [2.75, 3.05) is 0 Å². The van der Waals surface area contributed by atoms with Crippen LogP contribution in [-0.2, 0) is 6.54 Å². The summed E-state index contributed by atoms with van der Waals surface area (Å²) < 4.78 is 0. The quantitative estimate of drug-likeness (QED) is 0.870. The van der Waals surface area contributed by atoms with Gasteiger partial charge in [-0.2, -0.15) is 11.3 Å². The van der Waals surface area contributed by atoms with Gasteiger partial charge in [-0.05, 0) is 54.5 Å². The molecule has 1 heterocycles. The molecular formula is C13H19NOS. The van der Waals surface area contributed by atoms with E-state index in [9.17, 15) is 5.11 Å². The lowest BCUT2D eigenvalue weighted by atomic mass is 10.1. The standard InChI is InChI=1S/C13H19NOS/c15-13-3-1-2-12(13)14(11-4-5-11)8-10-6-7-16-9-10/h6-7,9,11-13,15H,1-5,8H2/t12-,13-/m0/s1. The third kappa shape index (κ3) is 2.17. The molecule has 0 bridgehead atoms. The molecule has 2 aliphatic carbocycles. The summed E-state index contributed by atoms with van der Waals surface area (Å²) in [6.45, 7) is 1.04. The van der Waals surface area contributed by atoms with Crippen LogP contribution < -0.4 is 0 Å². The Morgan fingerprint density at radius 2 is 2.19 bits per heavy atom. The van der Waals surface area contributed by atoms with Gasteiger partial charge in [0.15, 0.2) is 0 Å². The van der Waals surface area contributed by atoms with E-state index in [1.165, 1.54) is 31.2 Å². The number of nitrogens with zero attached hydrogens (tertiary/aromatic N) is 1. The maximum atomic E-state index is 10.0. The molecule has 2 nitrogen and oxygen atoms in total. The number of hydrogen-bond acceptors (Lipinski definition) is 3. The highest BCUT2D eigenvalue weighted by atomic mass is 32.1. The summed E-state index contributed by atoms with van der Waals surface area (Å²) in [7, 11) is 0.